The maximum absolute atomic E-state index is 12.0. The lowest BCUT2D eigenvalue weighted by molar-refractivity contribution is -0.182. The predicted molar refractivity (Wildman–Crippen MR) is 76.0 cm³/mol. The molecule has 0 amide bonds. The van der Waals surface area contributed by atoms with Crippen molar-refractivity contribution in [2.45, 2.75) is 65.8 Å². The number of carbonyl (C=O) groups excluding carboxylic acids is 2. The summed E-state index contributed by atoms with van der Waals surface area (Å²) in [5.74, 6) is -1.98. The van der Waals surface area contributed by atoms with E-state index in [1.165, 1.54) is 20.8 Å². The maximum Gasteiger partial charge on any atom is 0.333 e. The molecule has 20 heavy (non-hydrogen) atoms. The first-order valence-corrected chi connectivity index (χ1v) is 6.60. The van der Waals surface area contributed by atoms with Crippen molar-refractivity contribution in [3.05, 3.63) is 12.2 Å². The van der Waals surface area contributed by atoms with Crippen molar-refractivity contribution < 1.29 is 24.2 Å². The lowest BCUT2D eigenvalue weighted by Crippen LogP contribution is -2.50. The zero-order valence-electron chi connectivity index (χ0n) is 13.4. The Balaban J connectivity index is 4.89. The molecule has 0 spiro atoms. The molecule has 1 N–H and O–H groups in total. The molecule has 0 rings (SSSR count). The number of esters is 2. The SMILES string of the molecule is C=C(C)C(=O)OC(C)C(C)(O)C(C)C(=O)OC(C)(C)C. The van der Waals surface area contributed by atoms with Gasteiger partial charge in [0.25, 0.3) is 0 Å². The molecule has 0 aliphatic heterocycles. The molecule has 116 valence electrons. The van der Waals surface area contributed by atoms with Gasteiger partial charge in [-0.2, -0.15) is 0 Å². The van der Waals surface area contributed by atoms with Gasteiger partial charge in [-0.05, 0) is 48.5 Å². The zero-order chi connectivity index (χ0) is 16.3. The minimum absolute atomic E-state index is 0.234. The van der Waals surface area contributed by atoms with Crippen LogP contribution in [0.5, 0.6) is 0 Å². The Morgan fingerprint density at radius 2 is 1.60 bits per heavy atom. The molecule has 0 saturated heterocycles. The van der Waals surface area contributed by atoms with Gasteiger partial charge in [0.2, 0.25) is 0 Å². The molecule has 3 atom stereocenters. The fraction of sp³-hybridized carbons (Fsp3) is 0.733. The highest BCUT2D eigenvalue weighted by Gasteiger charge is 2.42. The second-order valence-corrected chi connectivity index (χ2v) is 6.31. The van der Waals surface area contributed by atoms with Crippen molar-refractivity contribution in [1.29, 1.82) is 0 Å². The third kappa shape index (κ3) is 5.33. The van der Waals surface area contributed by atoms with E-state index >= 15 is 0 Å². The average Bonchev–Trinajstić information content (AvgIpc) is 2.24. The van der Waals surface area contributed by atoms with E-state index in [9.17, 15) is 14.7 Å². The van der Waals surface area contributed by atoms with Gasteiger partial charge in [0, 0.05) is 5.57 Å². The van der Waals surface area contributed by atoms with E-state index in [1.54, 1.807) is 27.7 Å². The number of rotatable bonds is 5. The number of ether oxygens (including phenoxy) is 2. The van der Waals surface area contributed by atoms with Gasteiger partial charge in [-0.25, -0.2) is 4.79 Å². The normalized spacial score (nSPS) is 17.6. The first-order valence-electron chi connectivity index (χ1n) is 6.60. The summed E-state index contributed by atoms with van der Waals surface area (Å²) in [7, 11) is 0. The van der Waals surface area contributed by atoms with Crippen molar-refractivity contribution in [2.75, 3.05) is 0 Å². The van der Waals surface area contributed by atoms with Crippen molar-refractivity contribution >= 4 is 11.9 Å². The smallest absolute Gasteiger partial charge is 0.333 e. The van der Waals surface area contributed by atoms with Gasteiger partial charge in [-0.3, -0.25) is 4.79 Å². The van der Waals surface area contributed by atoms with Crippen molar-refractivity contribution in [1.82, 2.24) is 0 Å². The highest BCUT2D eigenvalue weighted by molar-refractivity contribution is 5.87. The highest BCUT2D eigenvalue weighted by Crippen LogP contribution is 2.26. The van der Waals surface area contributed by atoms with Crippen LogP contribution in [0.2, 0.25) is 0 Å². The number of aliphatic hydroxyl groups is 1. The largest absolute Gasteiger partial charge is 0.460 e. The van der Waals surface area contributed by atoms with Crippen LogP contribution in [0.3, 0.4) is 0 Å². The number of carbonyl (C=O) groups is 2. The molecule has 0 aliphatic carbocycles. The predicted octanol–water partition coefficient (Wildman–Crippen LogP) is 2.22. The van der Waals surface area contributed by atoms with E-state index < -0.39 is 35.2 Å². The Labute approximate surface area is 121 Å². The molecule has 0 radical (unpaired) electrons. The third-order valence-electron chi connectivity index (χ3n) is 3.09. The van der Waals surface area contributed by atoms with Crippen LogP contribution >= 0.6 is 0 Å². The van der Waals surface area contributed by atoms with Crippen LogP contribution in [0, 0.1) is 5.92 Å². The molecule has 5 heteroatoms. The van der Waals surface area contributed by atoms with Crippen molar-refractivity contribution in [3.8, 4) is 0 Å². The molecule has 5 nitrogen and oxygen atoms in total. The molecule has 0 fully saturated rings. The minimum atomic E-state index is -1.53. The lowest BCUT2D eigenvalue weighted by Gasteiger charge is -2.35. The Morgan fingerprint density at radius 3 is 1.95 bits per heavy atom. The molecule has 0 saturated carbocycles. The molecule has 0 heterocycles. The molecule has 0 aromatic rings. The van der Waals surface area contributed by atoms with Gasteiger partial charge < -0.3 is 14.6 Å². The highest BCUT2D eigenvalue weighted by atomic mass is 16.6. The Bertz CT molecular complexity index is 390. The van der Waals surface area contributed by atoms with E-state index in [2.05, 4.69) is 6.58 Å². The molecule has 3 unspecified atom stereocenters. The van der Waals surface area contributed by atoms with Crippen LogP contribution in [-0.2, 0) is 19.1 Å². The summed E-state index contributed by atoms with van der Waals surface area (Å²) < 4.78 is 10.3. The van der Waals surface area contributed by atoms with Gasteiger partial charge in [0.15, 0.2) is 0 Å². The van der Waals surface area contributed by atoms with Crippen LogP contribution in [0.15, 0.2) is 12.2 Å². The van der Waals surface area contributed by atoms with Crippen LogP contribution in [0.4, 0.5) is 0 Å². The minimum Gasteiger partial charge on any atom is -0.460 e. The van der Waals surface area contributed by atoms with Gasteiger partial charge in [0.05, 0.1) is 5.92 Å². The average molecular weight is 286 g/mol. The van der Waals surface area contributed by atoms with E-state index in [1.807, 2.05) is 0 Å². The summed E-state index contributed by atoms with van der Waals surface area (Å²) in [6, 6.07) is 0. The maximum atomic E-state index is 12.0. The van der Waals surface area contributed by atoms with E-state index in [-0.39, 0.29) is 5.57 Å². The first-order chi connectivity index (χ1) is 8.79. The molecule has 0 aliphatic rings. The molecular formula is C15H26O5. The van der Waals surface area contributed by atoms with Crippen LogP contribution in [0.25, 0.3) is 0 Å². The summed E-state index contributed by atoms with van der Waals surface area (Å²) >= 11 is 0. The molecular weight excluding hydrogens is 260 g/mol. The van der Waals surface area contributed by atoms with Crippen LogP contribution < -0.4 is 0 Å². The fourth-order valence-electron chi connectivity index (χ4n) is 1.36. The Hall–Kier alpha value is -1.36. The van der Waals surface area contributed by atoms with Gasteiger partial charge in [0.1, 0.15) is 17.3 Å². The Kier molecular flexibility index (Phi) is 5.96. The number of hydrogen-bond acceptors (Lipinski definition) is 5. The van der Waals surface area contributed by atoms with Gasteiger partial charge in [-0.1, -0.05) is 6.58 Å². The van der Waals surface area contributed by atoms with Crippen LogP contribution in [-0.4, -0.2) is 34.4 Å². The molecule has 0 bridgehead atoms. The van der Waals surface area contributed by atoms with Crippen molar-refractivity contribution in [3.63, 3.8) is 0 Å². The summed E-state index contributed by atoms with van der Waals surface area (Å²) in [5, 5.41) is 10.4. The molecule has 0 aromatic heterocycles. The second kappa shape index (κ2) is 6.39. The summed E-state index contributed by atoms with van der Waals surface area (Å²) in [6.07, 6.45) is -0.866. The van der Waals surface area contributed by atoms with Crippen LogP contribution in [0.1, 0.15) is 48.5 Å². The first kappa shape index (κ1) is 18.6. The molecule has 0 aromatic carbocycles. The summed E-state index contributed by atoms with van der Waals surface area (Å²) in [4.78, 5) is 23.5. The number of hydrogen-bond donors (Lipinski definition) is 1. The van der Waals surface area contributed by atoms with E-state index in [0.29, 0.717) is 0 Å². The monoisotopic (exact) mass is 286 g/mol. The Morgan fingerprint density at radius 1 is 1.15 bits per heavy atom. The van der Waals surface area contributed by atoms with Crippen molar-refractivity contribution in [2.24, 2.45) is 5.92 Å². The topological polar surface area (TPSA) is 72.8 Å². The summed E-state index contributed by atoms with van der Waals surface area (Å²) in [6.45, 7) is 14.7. The fourth-order valence-corrected chi connectivity index (χ4v) is 1.36. The zero-order valence-corrected chi connectivity index (χ0v) is 13.4. The summed E-state index contributed by atoms with van der Waals surface area (Å²) in [5.41, 5.74) is -1.94. The van der Waals surface area contributed by atoms with Gasteiger partial charge in [-0.15, -0.1) is 0 Å². The van der Waals surface area contributed by atoms with E-state index in [4.69, 9.17) is 9.47 Å². The quantitative estimate of drug-likeness (QED) is 0.619. The second-order valence-electron chi connectivity index (χ2n) is 6.31. The third-order valence-corrected chi connectivity index (χ3v) is 3.09. The van der Waals surface area contributed by atoms with Gasteiger partial charge >= 0.3 is 11.9 Å². The lowest BCUT2D eigenvalue weighted by atomic mass is 9.86. The standard InChI is InChI=1S/C15H26O5/c1-9(2)12(16)19-11(4)15(8,18)10(3)13(17)20-14(5,6)7/h10-11,18H,1H2,2-8H3. The van der Waals surface area contributed by atoms with E-state index in [0.717, 1.165) is 0 Å².